The average molecular weight is 167 g/mol. The van der Waals surface area contributed by atoms with Gasteiger partial charge in [0.25, 0.3) is 0 Å². The van der Waals surface area contributed by atoms with Crippen LogP contribution in [0, 0.1) is 5.92 Å². The predicted octanol–water partition coefficient (Wildman–Crippen LogP) is 1.50. The number of hydrogen-bond donors (Lipinski definition) is 0. The van der Waals surface area contributed by atoms with Crippen molar-refractivity contribution in [3.63, 3.8) is 0 Å². The van der Waals surface area contributed by atoms with Crippen LogP contribution in [0.2, 0.25) is 0 Å². The lowest BCUT2D eigenvalue weighted by molar-refractivity contribution is -0.135. The van der Waals surface area contributed by atoms with Crippen molar-refractivity contribution in [2.45, 2.75) is 13.8 Å². The van der Waals surface area contributed by atoms with Gasteiger partial charge < -0.3 is 3.83 Å². The number of hydrogen-bond acceptors (Lipinski definition) is 2. The van der Waals surface area contributed by atoms with Gasteiger partial charge in [-0.15, -0.1) is 0 Å². The highest BCUT2D eigenvalue weighted by atomic mass is 79.9. The van der Waals surface area contributed by atoms with Crippen LogP contribution in [0.15, 0.2) is 0 Å². The molecule has 0 aliphatic carbocycles. The van der Waals surface area contributed by atoms with Crippen LogP contribution in [0.4, 0.5) is 0 Å². The third-order valence-electron chi connectivity index (χ3n) is 0.547. The van der Waals surface area contributed by atoms with Crippen LogP contribution in [-0.2, 0) is 8.62 Å². The van der Waals surface area contributed by atoms with E-state index >= 15 is 0 Å². The summed E-state index contributed by atoms with van der Waals surface area (Å²) in [5.74, 6) is -0.278. The molecule has 2 nitrogen and oxygen atoms in total. The SMILES string of the molecule is CC(C)C(=O)OBr. The molecule has 0 N–H and O–H groups in total. The van der Waals surface area contributed by atoms with Gasteiger partial charge in [0, 0.05) is 0 Å². The lowest BCUT2D eigenvalue weighted by Crippen LogP contribution is -2.04. The van der Waals surface area contributed by atoms with Gasteiger partial charge in [0.1, 0.15) is 0 Å². The molecule has 7 heavy (non-hydrogen) atoms. The second kappa shape index (κ2) is 3.02. The fraction of sp³-hybridized carbons (Fsp3) is 0.750. The molecule has 0 aliphatic rings. The first-order valence-electron chi connectivity index (χ1n) is 2.01. The van der Waals surface area contributed by atoms with Crippen LogP contribution in [0.1, 0.15) is 13.8 Å². The second-order valence-electron chi connectivity index (χ2n) is 1.55. The number of rotatable bonds is 1. The number of carbonyl (C=O) groups is 1. The summed E-state index contributed by atoms with van der Waals surface area (Å²) in [5, 5.41) is 0. The molecule has 42 valence electrons. The van der Waals surface area contributed by atoms with Gasteiger partial charge in [-0.3, -0.25) is 4.79 Å². The van der Waals surface area contributed by atoms with Gasteiger partial charge in [-0.2, -0.15) is 0 Å². The van der Waals surface area contributed by atoms with E-state index in [2.05, 4.69) is 20.1 Å². The van der Waals surface area contributed by atoms with Crippen molar-refractivity contribution >= 4 is 22.2 Å². The molecule has 0 radical (unpaired) electrons. The molecule has 0 unspecified atom stereocenters. The summed E-state index contributed by atoms with van der Waals surface area (Å²) < 4.78 is 4.19. The lowest BCUT2D eigenvalue weighted by atomic mass is 10.2. The monoisotopic (exact) mass is 166 g/mol. The Bertz CT molecular complexity index is 70.1. The molecule has 0 saturated carbocycles. The third kappa shape index (κ3) is 2.62. The summed E-state index contributed by atoms with van der Waals surface area (Å²) in [6.45, 7) is 3.53. The zero-order chi connectivity index (χ0) is 5.86. The lowest BCUT2D eigenvalue weighted by Gasteiger charge is -1.95. The first kappa shape index (κ1) is 6.95. The number of carbonyl (C=O) groups excluding carboxylic acids is 1. The van der Waals surface area contributed by atoms with Gasteiger partial charge in [0.05, 0.1) is 5.92 Å². The largest absolute Gasteiger partial charge is 0.383 e. The minimum absolute atomic E-state index is 0.0422. The molecule has 0 aromatic carbocycles. The van der Waals surface area contributed by atoms with Crippen LogP contribution in [0.3, 0.4) is 0 Å². The molecule has 0 heterocycles. The minimum atomic E-state index is -0.236. The molecule has 0 aromatic rings. The molecule has 0 saturated heterocycles. The first-order valence-corrected chi connectivity index (χ1v) is 2.65. The smallest absolute Gasteiger partial charge is 0.319 e. The van der Waals surface area contributed by atoms with Crippen molar-refractivity contribution in [2.75, 3.05) is 0 Å². The standard InChI is InChI=1S/C4H7BrO2/c1-3(2)4(6)7-5/h3H,1-2H3. The van der Waals surface area contributed by atoms with E-state index in [-0.39, 0.29) is 11.9 Å². The van der Waals surface area contributed by atoms with Gasteiger partial charge in [0.15, 0.2) is 16.3 Å². The second-order valence-corrected chi connectivity index (χ2v) is 1.87. The fourth-order valence-electron chi connectivity index (χ4n) is 0.0891. The summed E-state index contributed by atoms with van der Waals surface area (Å²) in [6, 6.07) is 0. The first-order chi connectivity index (χ1) is 3.18. The molecule has 0 spiro atoms. The number of halogens is 1. The van der Waals surface area contributed by atoms with Crippen molar-refractivity contribution < 1.29 is 8.62 Å². The zero-order valence-corrected chi connectivity index (χ0v) is 5.86. The molecule has 3 heteroatoms. The van der Waals surface area contributed by atoms with Crippen LogP contribution < -0.4 is 0 Å². The molecular formula is C4H7BrO2. The molecular weight excluding hydrogens is 160 g/mol. The molecule has 0 bridgehead atoms. The van der Waals surface area contributed by atoms with Gasteiger partial charge >= 0.3 is 5.97 Å². The molecule has 0 rings (SSSR count). The Morgan fingerprint density at radius 3 is 2.14 bits per heavy atom. The molecule has 0 amide bonds. The maximum absolute atomic E-state index is 10.2. The van der Waals surface area contributed by atoms with E-state index in [4.69, 9.17) is 0 Å². The molecule has 0 aliphatic heterocycles. The Labute approximate surface area is 51.3 Å². The van der Waals surface area contributed by atoms with E-state index < -0.39 is 0 Å². The average Bonchev–Trinajstić information content (AvgIpc) is 1.65. The van der Waals surface area contributed by atoms with E-state index in [0.29, 0.717) is 0 Å². The van der Waals surface area contributed by atoms with Crippen molar-refractivity contribution in [1.82, 2.24) is 0 Å². The van der Waals surface area contributed by atoms with Gasteiger partial charge in [-0.25, -0.2) is 0 Å². The van der Waals surface area contributed by atoms with Crippen LogP contribution in [-0.4, -0.2) is 5.97 Å². The molecule has 0 aromatic heterocycles. The molecule has 0 fully saturated rings. The third-order valence-corrected chi connectivity index (χ3v) is 0.867. The van der Waals surface area contributed by atoms with E-state index in [1.54, 1.807) is 13.8 Å². The normalized spacial score (nSPS) is 9.14. The van der Waals surface area contributed by atoms with Crippen molar-refractivity contribution in [1.29, 1.82) is 0 Å². The Kier molecular flexibility index (Phi) is 3.00. The summed E-state index contributed by atoms with van der Waals surface area (Å²) >= 11 is 2.57. The van der Waals surface area contributed by atoms with Gasteiger partial charge in [-0.05, 0) is 0 Å². The quantitative estimate of drug-likeness (QED) is 0.591. The van der Waals surface area contributed by atoms with Crippen LogP contribution in [0.5, 0.6) is 0 Å². The Morgan fingerprint density at radius 2 is 2.14 bits per heavy atom. The van der Waals surface area contributed by atoms with E-state index in [1.807, 2.05) is 0 Å². The zero-order valence-electron chi connectivity index (χ0n) is 4.27. The predicted molar refractivity (Wildman–Crippen MR) is 29.9 cm³/mol. The summed E-state index contributed by atoms with van der Waals surface area (Å²) in [7, 11) is 0. The van der Waals surface area contributed by atoms with E-state index in [1.165, 1.54) is 0 Å². The summed E-state index contributed by atoms with van der Waals surface area (Å²) in [5.41, 5.74) is 0. The van der Waals surface area contributed by atoms with Crippen LogP contribution in [0.25, 0.3) is 0 Å². The highest BCUT2D eigenvalue weighted by molar-refractivity contribution is 9.06. The Balaban J connectivity index is 3.35. The highest BCUT2D eigenvalue weighted by Crippen LogP contribution is 1.97. The van der Waals surface area contributed by atoms with E-state index in [0.717, 1.165) is 0 Å². The fourth-order valence-corrected chi connectivity index (χ4v) is 0.463. The van der Waals surface area contributed by atoms with Crippen molar-refractivity contribution in [3.05, 3.63) is 0 Å². The van der Waals surface area contributed by atoms with Gasteiger partial charge in [0.2, 0.25) is 0 Å². The minimum Gasteiger partial charge on any atom is -0.383 e. The Morgan fingerprint density at radius 1 is 1.71 bits per heavy atom. The Hall–Kier alpha value is -0.0500. The summed E-state index contributed by atoms with van der Waals surface area (Å²) in [6.07, 6.45) is 0. The molecule has 0 atom stereocenters. The van der Waals surface area contributed by atoms with Crippen molar-refractivity contribution in [2.24, 2.45) is 5.92 Å². The van der Waals surface area contributed by atoms with Crippen LogP contribution >= 0.6 is 16.3 Å². The topological polar surface area (TPSA) is 26.3 Å². The maximum Gasteiger partial charge on any atom is 0.319 e. The van der Waals surface area contributed by atoms with E-state index in [9.17, 15) is 4.79 Å². The van der Waals surface area contributed by atoms with Crippen molar-refractivity contribution in [3.8, 4) is 0 Å². The van der Waals surface area contributed by atoms with Gasteiger partial charge in [-0.1, -0.05) is 13.8 Å². The maximum atomic E-state index is 10.2. The highest BCUT2D eigenvalue weighted by Gasteiger charge is 2.04. The summed E-state index contributed by atoms with van der Waals surface area (Å²) in [4.78, 5) is 10.2.